The Morgan fingerprint density at radius 3 is 2.06 bits per heavy atom. The number of carbonyl (C=O) groups is 1. The third-order valence-electron chi connectivity index (χ3n) is 2.22. The summed E-state index contributed by atoms with van der Waals surface area (Å²) < 4.78 is 5.28. The summed E-state index contributed by atoms with van der Waals surface area (Å²) in [6.07, 6.45) is 7.72. The topological polar surface area (TPSA) is 79.3 Å². The fourth-order valence-corrected chi connectivity index (χ4v) is 1.38. The summed E-state index contributed by atoms with van der Waals surface area (Å²) in [4.78, 5) is 12.8. The number of epoxide rings is 1. The van der Waals surface area contributed by atoms with E-state index in [0.29, 0.717) is 18.8 Å². The van der Waals surface area contributed by atoms with Crippen molar-refractivity contribution in [3.8, 4) is 0 Å². The molecule has 0 aromatic rings. The molecule has 0 aromatic heterocycles. The standard InChI is InChI=1S/C6H10O.C3H4O2.C2H6O2/c1-2-4-6-5(3-1)7-6;1-2-3(4)5;1-2-4-3/h5-6H,1-4H2;2H,1H2,(H,4,5);3H,2H2,1H3. The average Bonchev–Trinajstić information content (AvgIpc) is 3.09. The van der Waals surface area contributed by atoms with E-state index in [2.05, 4.69) is 11.5 Å². The van der Waals surface area contributed by atoms with Crippen molar-refractivity contribution in [2.75, 3.05) is 6.61 Å². The van der Waals surface area contributed by atoms with Crippen LogP contribution in [0.25, 0.3) is 0 Å². The number of hydrogen-bond acceptors (Lipinski definition) is 4. The van der Waals surface area contributed by atoms with Gasteiger partial charge < -0.3 is 9.84 Å². The molecule has 2 unspecified atom stereocenters. The minimum atomic E-state index is -0.981. The van der Waals surface area contributed by atoms with Crippen molar-refractivity contribution in [3.63, 3.8) is 0 Å². The van der Waals surface area contributed by atoms with Crippen LogP contribution in [0.5, 0.6) is 0 Å². The summed E-state index contributed by atoms with van der Waals surface area (Å²) in [5.74, 6) is -0.981. The van der Waals surface area contributed by atoms with Crippen LogP contribution in [0.15, 0.2) is 12.7 Å². The van der Waals surface area contributed by atoms with Gasteiger partial charge in [0.15, 0.2) is 0 Å². The molecule has 2 aliphatic rings. The second-order valence-electron chi connectivity index (χ2n) is 3.46. The maximum Gasteiger partial charge on any atom is 0.327 e. The third kappa shape index (κ3) is 8.40. The maximum absolute atomic E-state index is 9.25. The molecule has 2 fully saturated rings. The van der Waals surface area contributed by atoms with Crippen LogP contribution in [-0.4, -0.2) is 35.1 Å². The molecule has 0 bridgehead atoms. The molecular formula is C11H20O5. The lowest BCUT2D eigenvalue weighted by Gasteiger charge is -2.00. The van der Waals surface area contributed by atoms with Crippen molar-refractivity contribution >= 4 is 5.97 Å². The van der Waals surface area contributed by atoms with Gasteiger partial charge in [0.05, 0.1) is 18.8 Å². The second-order valence-corrected chi connectivity index (χ2v) is 3.46. The van der Waals surface area contributed by atoms with Gasteiger partial charge in [0, 0.05) is 6.08 Å². The molecule has 1 saturated heterocycles. The Kier molecular flexibility index (Phi) is 8.80. The molecule has 2 atom stereocenters. The van der Waals surface area contributed by atoms with Gasteiger partial charge in [-0.15, -0.1) is 0 Å². The van der Waals surface area contributed by atoms with E-state index in [9.17, 15) is 4.79 Å². The van der Waals surface area contributed by atoms with Crippen molar-refractivity contribution in [1.82, 2.24) is 0 Å². The highest BCUT2D eigenvalue weighted by molar-refractivity contribution is 5.78. The van der Waals surface area contributed by atoms with Crippen LogP contribution in [0, 0.1) is 0 Å². The first-order valence-electron chi connectivity index (χ1n) is 5.42. The van der Waals surface area contributed by atoms with Gasteiger partial charge in [-0.2, -0.15) is 0 Å². The SMILES string of the molecule is C1CCC2OC2C1.C=CC(=O)O.CCOO. The largest absolute Gasteiger partial charge is 0.478 e. The molecule has 5 heteroatoms. The van der Waals surface area contributed by atoms with Crippen LogP contribution in [0.1, 0.15) is 32.6 Å². The van der Waals surface area contributed by atoms with E-state index in [1.165, 1.54) is 25.7 Å². The van der Waals surface area contributed by atoms with Gasteiger partial charge >= 0.3 is 5.97 Å². The van der Waals surface area contributed by atoms with E-state index in [4.69, 9.17) is 15.1 Å². The molecule has 94 valence electrons. The number of aliphatic carboxylic acids is 1. The van der Waals surface area contributed by atoms with E-state index in [0.717, 1.165) is 6.08 Å². The average molecular weight is 232 g/mol. The highest BCUT2D eigenvalue weighted by atomic mass is 17.1. The van der Waals surface area contributed by atoms with Gasteiger partial charge in [-0.1, -0.05) is 19.4 Å². The van der Waals surface area contributed by atoms with Crippen LogP contribution in [0.3, 0.4) is 0 Å². The van der Waals surface area contributed by atoms with Crippen molar-refractivity contribution in [3.05, 3.63) is 12.7 Å². The summed E-state index contributed by atoms with van der Waals surface area (Å²) >= 11 is 0. The number of hydrogen-bond donors (Lipinski definition) is 2. The van der Waals surface area contributed by atoms with E-state index in [1.54, 1.807) is 6.92 Å². The van der Waals surface area contributed by atoms with Crippen LogP contribution >= 0.6 is 0 Å². The Balaban J connectivity index is 0.000000225. The van der Waals surface area contributed by atoms with E-state index in [1.807, 2.05) is 0 Å². The van der Waals surface area contributed by atoms with Crippen molar-refractivity contribution in [2.45, 2.75) is 44.8 Å². The lowest BCUT2D eigenvalue weighted by molar-refractivity contribution is -0.237. The fraction of sp³-hybridized carbons (Fsp3) is 0.727. The van der Waals surface area contributed by atoms with Crippen molar-refractivity contribution < 1.29 is 24.8 Å². The first kappa shape index (κ1) is 15.1. The molecule has 1 heterocycles. The quantitative estimate of drug-likeness (QED) is 0.330. The minimum Gasteiger partial charge on any atom is -0.478 e. The lowest BCUT2D eigenvalue weighted by atomic mass is 10.0. The number of fused-ring (bicyclic) bond motifs is 1. The zero-order valence-corrected chi connectivity index (χ0v) is 9.59. The van der Waals surface area contributed by atoms with Crippen LogP contribution in [0.4, 0.5) is 0 Å². The molecule has 2 N–H and O–H groups in total. The summed E-state index contributed by atoms with van der Waals surface area (Å²) in [6.45, 7) is 5.04. The van der Waals surface area contributed by atoms with Gasteiger partial charge in [-0.05, 0) is 19.8 Å². The third-order valence-corrected chi connectivity index (χ3v) is 2.22. The van der Waals surface area contributed by atoms with E-state index >= 15 is 0 Å². The summed E-state index contributed by atoms with van der Waals surface area (Å²) in [5.41, 5.74) is 0. The number of ether oxygens (including phenoxy) is 1. The molecule has 2 rings (SSSR count). The Bertz CT molecular complexity index is 193. The molecule has 0 amide bonds. The molecule has 0 aromatic carbocycles. The van der Waals surface area contributed by atoms with Crippen LogP contribution in [-0.2, 0) is 14.4 Å². The summed E-state index contributed by atoms with van der Waals surface area (Å²) in [5, 5.41) is 15.0. The molecule has 0 radical (unpaired) electrons. The molecule has 5 nitrogen and oxygen atoms in total. The fourth-order valence-electron chi connectivity index (χ4n) is 1.38. The molecule has 16 heavy (non-hydrogen) atoms. The molecule has 1 aliphatic carbocycles. The van der Waals surface area contributed by atoms with Crippen LogP contribution in [0.2, 0.25) is 0 Å². The monoisotopic (exact) mass is 232 g/mol. The predicted octanol–water partition coefficient (Wildman–Crippen LogP) is 2.08. The zero-order chi connectivity index (χ0) is 12.4. The normalized spacial score (nSPS) is 24.9. The van der Waals surface area contributed by atoms with Crippen LogP contribution < -0.4 is 0 Å². The molecule has 0 spiro atoms. The molecular weight excluding hydrogens is 212 g/mol. The number of carboxylic acids is 1. The number of carboxylic acid groups (broad SMARTS) is 1. The highest BCUT2D eigenvalue weighted by Crippen LogP contribution is 2.35. The first-order valence-corrected chi connectivity index (χ1v) is 5.42. The molecule has 1 aliphatic heterocycles. The number of rotatable bonds is 2. The minimum absolute atomic E-state index is 0.375. The Morgan fingerprint density at radius 1 is 1.50 bits per heavy atom. The first-order chi connectivity index (χ1) is 7.65. The predicted molar refractivity (Wildman–Crippen MR) is 59.2 cm³/mol. The Morgan fingerprint density at radius 2 is 1.88 bits per heavy atom. The van der Waals surface area contributed by atoms with E-state index < -0.39 is 5.97 Å². The highest BCUT2D eigenvalue weighted by Gasteiger charge is 2.39. The van der Waals surface area contributed by atoms with Gasteiger partial charge in [0.25, 0.3) is 0 Å². The Hall–Kier alpha value is -0.910. The summed E-state index contributed by atoms with van der Waals surface area (Å²) in [6, 6.07) is 0. The van der Waals surface area contributed by atoms with Crippen molar-refractivity contribution in [2.24, 2.45) is 0 Å². The Labute approximate surface area is 95.6 Å². The van der Waals surface area contributed by atoms with Gasteiger partial charge in [0.1, 0.15) is 0 Å². The summed E-state index contributed by atoms with van der Waals surface area (Å²) in [7, 11) is 0. The van der Waals surface area contributed by atoms with Gasteiger partial charge in [0.2, 0.25) is 0 Å². The zero-order valence-electron chi connectivity index (χ0n) is 9.59. The molecule has 1 saturated carbocycles. The smallest absolute Gasteiger partial charge is 0.327 e. The van der Waals surface area contributed by atoms with Gasteiger partial charge in [-0.25, -0.2) is 9.68 Å². The van der Waals surface area contributed by atoms with E-state index in [-0.39, 0.29) is 0 Å². The van der Waals surface area contributed by atoms with Crippen molar-refractivity contribution in [1.29, 1.82) is 0 Å². The lowest BCUT2D eigenvalue weighted by Crippen LogP contribution is -2.00. The van der Waals surface area contributed by atoms with Gasteiger partial charge in [-0.3, -0.25) is 5.26 Å². The maximum atomic E-state index is 9.25. The second kappa shape index (κ2) is 9.33.